The molecular weight excluding hydrogens is 266 g/mol. The van der Waals surface area contributed by atoms with Gasteiger partial charge in [0.1, 0.15) is 5.75 Å². The number of benzene rings is 1. The number of hydrogen-bond acceptors (Lipinski definition) is 4. The number of methoxy groups -OCH3 is 1. The zero-order chi connectivity index (χ0) is 15.9. The Balaban J connectivity index is 2.46. The maximum atomic E-state index is 11.7. The molecule has 0 aromatic heterocycles. The van der Waals surface area contributed by atoms with E-state index in [-0.39, 0.29) is 11.4 Å². The molecule has 2 N–H and O–H groups in total. The quantitative estimate of drug-likeness (QED) is 0.785. The second-order valence-corrected chi connectivity index (χ2v) is 5.86. The monoisotopic (exact) mass is 289 g/mol. The molecule has 1 amide bonds. The number of nitriles is 1. The summed E-state index contributed by atoms with van der Waals surface area (Å²) in [4.78, 5) is 11.7. The van der Waals surface area contributed by atoms with Crippen molar-refractivity contribution in [2.24, 2.45) is 0 Å². The Morgan fingerprint density at radius 1 is 1.38 bits per heavy atom. The number of carbonyl (C=O) groups excluding carboxylic acids is 1. The van der Waals surface area contributed by atoms with Crippen LogP contribution in [0.3, 0.4) is 0 Å². The maximum Gasteiger partial charge on any atom is 0.221 e. The van der Waals surface area contributed by atoms with E-state index in [0.717, 1.165) is 11.3 Å². The van der Waals surface area contributed by atoms with Crippen LogP contribution in [0, 0.1) is 11.3 Å². The van der Waals surface area contributed by atoms with Gasteiger partial charge in [0.2, 0.25) is 5.91 Å². The number of amides is 1. The predicted molar refractivity (Wildman–Crippen MR) is 81.9 cm³/mol. The Bertz CT molecular complexity index is 527. The van der Waals surface area contributed by atoms with Gasteiger partial charge in [-0.05, 0) is 39.0 Å². The highest BCUT2D eigenvalue weighted by Gasteiger charge is 2.13. The van der Waals surface area contributed by atoms with Crippen LogP contribution in [0.4, 0.5) is 0 Å². The van der Waals surface area contributed by atoms with E-state index in [9.17, 15) is 4.79 Å². The van der Waals surface area contributed by atoms with E-state index < -0.39 is 0 Å². The number of ether oxygens (including phenoxy) is 1. The first kappa shape index (κ1) is 17.0. The van der Waals surface area contributed by atoms with Gasteiger partial charge in [-0.1, -0.05) is 0 Å². The Morgan fingerprint density at radius 3 is 2.67 bits per heavy atom. The van der Waals surface area contributed by atoms with Crippen molar-refractivity contribution in [1.29, 1.82) is 5.26 Å². The number of carbonyl (C=O) groups is 1. The lowest BCUT2D eigenvalue weighted by Crippen LogP contribution is -2.41. The van der Waals surface area contributed by atoms with Gasteiger partial charge in [-0.2, -0.15) is 5.26 Å². The highest BCUT2D eigenvalue weighted by atomic mass is 16.5. The van der Waals surface area contributed by atoms with Crippen molar-refractivity contribution in [3.05, 3.63) is 29.3 Å². The molecule has 1 aromatic carbocycles. The molecule has 0 aliphatic carbocycles. The molecule has 0 aliphatic rings. The molecule has 5 heteroatoms. The first-order chi connectivity index (χ1) is 9.85. The van der Waals surface area contributed by atoms with E-state index in [0.29, 0.717) is 25.1 Å². The summed E-state index contributed by atoms with van der Waals surface area (Å²) >= 11 is 0. The third-order valence-electron chi connectivity index (χ3n) is 2.77. The zero-order valence-electron chi connectivity index (χ0n) is 13.1. The second kappa shape index (κ2) is 7.65. The van der Waals surface area contributed by atoms with Crippen molar-refractivity contribution in [2.45, 2.75) is 39.3 Å². The summed E-state index contributed by atoms with van der Waals surface area (Å²) in [6.07, 6.45) is 0.414. The van der Waals surface area contributed by atoms with Crippen LogP contribution < -0.4 is 15.4 Å². The van der Waals surface area contributed by atoms with Crippen molar-refractivity contribution >= 4 is 5.91 Å². The van der Waals surface area contributed by atoms with E-state index in [1.807, 2.05) is 20.8 Å². The van der Waals surface area contributed by atoms with Crippen molar-refractivity contribution in [3.8, 4) is 11.8 Å². The van der Waals surface area contributed by atoms with E-state index in [4.69, 9.17) is 10.00 Å². The fraction of sp³-hybridized carbons (Fsp3) is 0.500. The van der Waals surface area contributed by atoms with Gasteiger partial charge < -0.3 is 15.4 Å². The highest BCUT2D eigenvalue weighted by Crippen LogP contribution is 2.19. The molecule has 1 aromatic rings. The summed E-state index contributed by atoms with van der Waals surface area (Å²) in [5.74, 6) is 0.758. The summed E-state index contributed by atoms with van der Waals surface area (Å²) in [5.41, 5.74) is 1.30. The minimum Gasteiger partial charge on any atom is -0.496 e. The van der Waals surface area contributed by atoms with Crippen molar-refractivity contribution in [1.82, 2.24) is 10.6 Å². The van der Waals surface area contributed by atoms with Gasteiger partial charge in [-0.3, -0.25) is 4.79 Å². The number of nitrogens with one attached hydrogen (secondary N) is 2. The summed E-state index contributed by atoms with van der Waals surface area (Å²) in [7, 11) is 1.60. The van der Waals surface area contributed by atoms with Gasteiger partial charge in [0.25, 0.3) is 0 Å². The lowest BCUT2D eigenvalue weighted by atomic mass is 10.1. The summed E-state index contributed by atoms with van der Waals surface area (Å²) < 4.78 is 5.26. The van der Waals surface area contributed by atoms with Gasteiger partial charge in [0.05, 0.1) is 18.7 Å². The SMILES string of the molecule is COc1ccc(C#N)cc1CNCCC(=O)NC(C)(C)C. The van der Waals surface area contributed by atoms with Gasteiger partial charge in [0.15, 0.2) is 0 Å². The molecule has 1 rings (SSSR count). The zero-order valence-corrected chi connectivity index (χ0v) is 13.1. The van der Waals surface area contributed by atoms with Crippen LogP contribution in [0.5, 0.6) is 5.75 Å². The van der Waals surface area contributed by atoms with E-state index >= 15 is 0 Å². The molecule has 0 heterocycles. The van der Waals surface area contributed by atoms with Crippen LogP contribution in [0.15, 0.2) is 18.2 Å². The van der Waals surface area contributed by atoms with E-state index in [1.54, 1.807) is 25.3 Å². The van der Waals surface area contributed by atoms with Gasteiger partial charge >= 0.3 is 0 Å². The molecule has 0 aliphatic heterocycles. The van der Waals surface area contributed by atoms with Crippen LogP contribution in [0.1, 0.15) is 38.3 Å². The fourth-order valence-electron chi connectivity index (χ4n) is 1.89. The second-order valence-electron chi connectivity index (χ2n) is 5.86. The topological polar surface area (TPSA) is 74.1 Å². The molecule has 0 atom stereocenters. The molecule has 0 spiro atoms. The van der Waals surface area contributed by atoms with Gasteiger partial charge in [0, 0.05) is 30.6 Å². The van der Waals surface area contributed by atoms with Crippen LogP contribution in [-0.2, 0) is 11.3 Å². The van der Waals surface area contributed by atoms with Gasteiger partial charge in [-0.15, -0.1) is 0 Å². The molecule has 0 saturated carbocycles. The minimum atomic E-state index is -0.207. The Hall–Kier alpha value is -2.06. The minimum absolute atomic E-state index is 0.0211. The smallest absolute Gasteiger partial charge is 0.221 e. The standard InChI is InChI=1S/C16H23N3O2/c1-16(2,3)19-15(20)7-8-18-11-13-9-12(10-17)5-6-14(13)21-4/h5-6,9,18H,7-8,11H2,1-4H3,(H,19,20). The Labute approximate surface area is 126 Å². The fourth-order valence-corrected chi connectivity index (χ4v) is 1.89. The Morgan fingerprint density at radius 2 is 2.10 bits per heavy atom. The third kappa shape index (κ3) is 6.28. The largest absolute Gasteiger partial charge is 0.496 e. The third-order valence-corrected chi connectivity index (χ3v) is 2.77. The highest BCUT2D eigenvalue weighted by molar-refractivity contribution is 5.76. The summed E-state index contributed by atoms with van der Waals surface area (Å²) in [6.45, 7) is 6.99. The van der Waals surface area contributed by atoms with Crippen LogP contribution in [0.25, 0.3) is 0 Å². The lowest BCUT2D eigenvalue weighted by molar-refractivity contribution is -0.122. The average molecular weight is 289 g/mol. The van der Waals surface area contributed by atoms with Crippen molar-refractivity contribution < 1.29 is 9.53 Å². The first-order valence-electron chi connectivity index (χ1n) is 6.94. The molecule has 0 fully saturated rings. The van der Waals surface area contributed by atoms with E-state index in [2.05, 4.69) is 16.7 Å². The molecule has 21 heavy (non-hydrogen) atoms. The molecule has 0 radical (unpaired) electrons. The van der Waals surface area contributed by atoms with Crippen LogP contribution in [0.2, 0.25) is 0 Å². The number of nitrogens with zero attached hydrogens (tertiary/aromatic N) is 1. The van der Waals surface area contributed by atoms with Gasteiger partial charge in [-0.25, -0.2) is 0 Å². The molecule has 0 saturated heterocycles. The predicted octanol–water partition coefficient (Wildman–Crippen LogP) is 1.96. The molecular formula is C16H23N3O2. The molecule has 114 valence electrons. The number of hydrogen-bond donors (Lipinski definition) is 2. The average Bonchev–Trinajstić information content (AvgIpc) is 2.41. The van der Waals surface area contributed by atoms with Crippen molar-refractivity contribution in [3.63, 3.8) is 0 Å². The molecule has 0 bridgehead atoms. The number of rotatable bonds is 6. The van der Waals surface area contributed by atoms with Crippen LogP contribution in [-0.4, -0.2) is 25.1 Å². The normalized spacial score (nSPS) is 10.8. The summed E-state index contributed by atoms with van der Waals surface area (Å²) in [5, 5.41) is 15.0. The van der Waals surface area contributed by atoms with E-state index in [1.165, 1.54) is 0 Å². The van der Waals surface area contributed by atoms with Crippen LogP contribution >= 0.6 is 0 Å². The summed E-state index contributed by atoms with van der Waals surface area (Å²) in [6, 6.07) is 7.40. The van der Waals surface area contributed by atoms with Crippen molar-refractivity contribution in [2.75, 3.05) is 13.7 Å². The first-order valence-corrected chi connectivity index (χ1v) is 6.94. The molecule has 5 nitrogen and oxygen atoms in total. The maximum absolute atomic E-state index is 11.7. The lowest BCUT2D eigenvalue weighted by Gasteiger charge is -2.20. The molecule has 0 unspecified atom stereocenters. The Kier molecular flexibility index (Phi) is 6.19.